The Bertz CT molecular complexity index is 957. The molecule has 27 heavy (non-hydrogen) atoms. The Morgan fingerprint density at radius 3 is 2.59 bits per heavy atom. The minimum Gasteiger partial charge on any atom is -0.326 e. The van der Waals surface area contributed by atoms with Gasteiger partial charge in [-0.3, -0.25) is 14.5 Å². The van der Waals surface area contributed by atoms with E-state index in [1.807, 2.05) is 6.07 Å². The summed E-state index contributed by atoms with van der Waals surface area (Å²) in [4.78, 5) is 26.1. The highest BCUT2D eigenvalue weighted by Crippen LogP contribution is 2.31. The van der Waals surface area contributed by atoms with Crippen LogP contribution in [0.1, 0.15) is 13.3 Å². The summed E-state index contributed by atoms with van der Waals surface area (Å²) in [5.41, 5.74) is 0.638. The van der Waals surface area contributed by atoms with Gasteiger partial charge in [0, 0.05) is 18.7 Å². The van der Waals surface area contributed by atoms with Crippen LogP contribution >= 0.6 is 23.1 Å². The molecule has 1 aromatic heterocycles. The number of anilines is 1. The number of para-hydroxylation sites is 1. The molecule has 0 unspecified atom stereocenters. The molecule has 2 amide bonds. The van der Waals surface area contributed by atoms with Crippen LogP contribution in [-0.2, 0) is 19.6 Å². The fourth-order valence-corrected chi connectivity index (χ4v) is 5.85. The number of thioether (sulfide) groups is 1. The van der Waals surface area contributed by atoms with Crippen LogP contribution in [0.5, 0.6) is 0 Å². The van der Waals surface area contributed by atoms with Crippen molar-refractivity contribution in [2.45, 2.75) is 22.8 Å². The van der Waals surface area contributed by atoms with E-state index in [2.05, 4.69) is 9.71 Å². The summed E-state index contributed by atoms with van der Waals surface area (Å²) in [6.07, 6.45) is -0.0625. The molecule has 0 saturated carbocycles. The number of rotatable bonds is 6. The maximum atomic E-state index is 12.6. The molecule has 2 heterocycles. The molecule has 1 N–H and O–H groups in total. The van der Waals surface area contributed by atoms with Crippen molar-refractivity contribution >= 4 is 55.8 Å². The van der Waals surface area contributed by atoms with Crippen LogP contribution in [0.4, 0.5) is 5.69 Å². The first-order valence-corrected chi connectivity index (χ1v) is 11.3. The van der Waals surface area contributed by atoms with Crippen LogP contribution < -0.4 is 5.32 Å². The molecule has 1 saturated heterocycles. The van der Waals surface area contributed by atoms with E-state index < -0.39 is 15.3 Å². The van der Waals surface area contributed by atoms with Crippen LogP contribution in [0, 0.1) is 0 Å². The monoisotopic (exact) mass is 423 g/mol. The molecule has 1 fully saturated rings. The second kappa shape index (κ2) is 8.24. The lowest BCUT2D eigenvalue weighted by Gasteiger charge is -2.13. The van der Waals surface area contributed by atoms with Crippen molar-refractivity contribution in [3.05, 3.63) is 47.8 Å². The maximum Gasteiger partial charge on any atom is 0.294 e. The Morgan fingerprint density at radius 1 is 1.22 bits per heavy atom. The number of nitrogens with one attached hydrogen (secondary N) is 1. The summed E-state index contributed by atoms with van der Waals surface area (Å²) in [5.74, 6) is -0.628. The van der Waals surface area contributed by atoms with E-state index >= 15 is 0 Å². The minimum atomic E-state index is -3.88. The molecule has 0 bridgehead atoms. The van der Waals surface area contributed by atoms with E-state index in [0.717, 1.165) is 23.1 Å². The van der Waals surface area contributed by atoms with E-state index in [4.69, 9.17) is 0 Å². The number of benzene rings is 1. The molecule has 0 spiro atoms. The van der Waals surface area contributed by atoms with Crippen LogP contribution in [0.15, 0.2) is 56.5 Å². The summed E-state index contributed by atoms with van der Waals surface area (Å²) >= 11 is 2.07. The van der Waals surface area contributed by atoms with Gasteiger partial charge in [0.05, 0.1) is 0 Å². The fraction of sp³-hybridized carbons (Fsp3) is 0.235. The van der Waals surface area contributed by atoms with Gasteiger partial charge in [0.2, 0.25) is 11.8 Å². The van der Waals surface area contributed by atoms with Crippen LogP contribution in [0.25, 0.3) is 0 Å². The lowest BCUT2D eigenvalue weighted by atomic mass is 10.2. The quantitative estimate of drug-likeness (QED) is 0.771. The Morgan fingerprint density at radius 2 is 1.96 bits per heavy atom. The van der Waals surface area contributed by atoms with E-state index in [9.17, 15) is 18.0 Å². The number of carbonyl (C=O) groups excluding carboxylic acids is 2. The van der Waals surface area contributed by atoms with E-state index in [1.165, 1.54) is 11.0 Å². The molecular weight excluding hydrogens is 406 g/mol. The van der Waals surface area contributed by atoms with Crippen LogP contribution in [0.2, 0.25) is 0 Å². The molecule has 10 heteroatoms. The predicted molar refractivity (Wildman–Crippen MR) is 107 cm³/mol. The third kappa shape index (κ3) is 4.57. The number of amides is 2. The SMILES string of the molecule is CCN1C(=O)[C@H](CC(=O)Nc2ccccc2)SC1=NS(=O)(=O)c1cccs1. The van der Waals surface area contributed by atoms with Crippen molar-refractivity contribution in [3.63, 3.8) is 0 Å². The van der Waals surface area contributed by atoms with Gasteiger partial charge in [-0.1, -0.05) is 36.0 Å². The summed E-state index contributed by atoms with van der Waals surface area (Å²) in [6.45, 7) is 2.01. The highest BCUT2D eigenvalue weighted by molar-refractivity contribution is 8.16. The fourth-order valence-electron chi connectivity index (χ4n) is 2.46. The second-order valence-electron chi connectivity index (χ2n) is 5.59. The van der Waals surface area contributed by atoms with Gasteiger partial charge in [-0.2, -0.15) is 8.42 Å². The van der Waals surface area contributed by atoms with Crippen LogP contribution in [0.3, 0.4) is 0 Å². The number of amidine groups is 1. The molecule has 0 aliphatic carbocycles. The van der Waals surface area contributed by atoms with Gasteiger partial charge in [-0.15, -0.1) is 15.7 Å². The smallest absolute Gasteiger partial charge is 0.294 e. The van der Waals surface area contributed by atoms with Crippen molar-refractivity contribution in [2.75, 3.05) is 11.9 Å². The predicted octanol–water partition coefficient (Wildman–Crippen LogP) is 2.79. The number of thiophene rings is 1. The molecule has 3 rings (SSSR count). The molecule has 2 aromatic rings. The molecule has 1 aliphatic heterocycles. The molecule has 7 nitrogen and oxygen atoms in total. The summed E-state index contributed by atoms with van der Waals surface area (Å²) in [5, 5.41) is 3.78. The third-order valence-electron chi connectivity index (χ3n) is 3.71. The Labute approximate surface area is 165 Å². The number of hydrogen-bond donors (Lipinski definition) is 1. The largest absolute Gasteiger partial charge is 0.326 e. The summed E-state index contributed by atoms with van der Waals surface area (Å²) in [6, 6.07) is 12.0. The maximum absolute atomic E-state index is 12.6. The third-order valence-corrected chi connectivity index (χ3v) is 7.64. The van der Waals surface area contributed by atoms with Gasteiger partial charge in [-0.25, -0.2) is 0 Å². The van der Waals surface area contributed by atoms with Crippen molar-refractivity contribution in [2.24, 2.45) is 4.40 Å². The lowest BCUT2D eigenvalue weighted by Crippen LogP contribution is -2.33. The zero-order chi connectivity index (χ0) is 19.4. The molecule has 1 atom stereocenters. The van der Waals surface area contributed by atoms with Crippen molar-refractivity contribution in [1.29, 1.82) is 0 Å². The standard InChI is InChI=1S/C17H17N3O4S3/c1-2-20-16(22)13(11-14(21)18-12-7-4-3-5-8-12)26-17(20)19-27(23,24)15-9-6-10-25-15/h3-10,13H,2,11H2,1H3,(H,18,21)/t13-/m0/s1. The van der Waals surface area contributed by atoms with Gasteiger partial charge in [-0.05, 0) is 30.5 Å². The number of sulfonamides is 1. The number of hydrogen-bond acceptors (Lipinski definition) is 6. The van der Waals surface area contributed by atoms with Gasteiger partial charge in [0.1, 0.15) is 9.46 Å². The Hall–Kier alpha value is -2.17. The second-order valence-corrected chi connectivity index (χ2v) is 9.54. The Balaban J connectivity index is 1.74. The molecule has 1 aromatic carbocycles. The molecule has 0 radical (unpaired) electrons. The van der Waals surface area contributed by atoms with Gasteiger partial charge < -0.3 is 5.32 Å². The topological polar surface area (TPSA) is 95.9 Å². The number of carbonyl (C=O) groups is 2. The summed E-state index contributed by atoms with van der Waals surface area (Å²) < 4.78 is 28.7. The van der Waals surface area contributed by atoms with Gasteiger partial charge in [0.15, 0.2) is 5.17 Å². The minimum absolute atomic E-state index is 0.0625. The average Bonchev–Trinajstić information content (AvgIpc) is 3.25. The average molecular weight is 424 g/mol. The van der Waals surface area contributed by atoms with Crippen molar-refractivity contribution < 1.29 is 18.0 Å². The van der Waals surface area contributed by atoms with E-state index in [1.54, 1.807) is 42.6 Å². The lowest BCUT2D eigenvalue weighted by molar-refractivity contribution is -0.128. The zero-order valence-corrected chi connectivity index (χ0v) is 16.8. The number of nitrogens with zero attached hydrogens (tertiary/aromatic N) is 2. The Kier molecular flexibility index (Phi) is 5.98. The summed E-state index contributed by atoms with van der Waals surface area (Å²) in [7, 11) is -3.88. The zero-order valence-electron chi connectivity index (χ0n) is 14.4. The highest BCUT2D eigenvalue weighted by atomic mass is 32.2. The molecule has 142 valence electrons. The molecular formula is C17H17N3O4S3. The van der Waals surface area contributed by atoms with Gasteiger partial charge in [0.25, 0.3) is 10.0 Å². The molecule has 1 aliphatic rings. The van der Waals surface area contributed by atoms with Crippen molar-refractivity contribution in [3.8, 4) is 0 Å². The first-order valence-electron chi connectivity index (χ1n) is 8.12. The van der Waals surface area contributed by atoms with Crippen LogP contribution in [-0.4, -0.2) is 42.1 Å². The highest BCUT2D eigenvalue weighted by Gasteiger charge is 2.39. The van der Waals surface area contributed by atoms with E-state index in [0.29, 0.717) is 5.69 Å². The normalized spacial score (nSPS) is 18.9. The first kappa shape index (κ1) is 19.6. The van der Waals surface area contributed by atoms with E-state index in [-0.39, 0.29) is 34.2 Å². The van der Waals surface area contributed by atoms with Gasteiger partial charge >= 0.3 is 0 Å². The first-order chi connectivity index (χ1) is 12.9. The van der Waals surface area contributed by atoms with Crippen molar-refractivity contribution in [1.82, 2.24) is 4.90 Å².